The standard InChI is InChI=1S/C17H27N3OS/c1-3-12-10-20(17(21)13-5-6-13)8-7-15(12)18-9-14-11-22-16(4-2)19-14/h11-13,15,18H,3-10H2,1-2H3. The maximum Gasteiger partial charge on any atom is 0.225 e. The number of piperidine rings is 1. The molecule has 2 unspecified atom stereocenters. The minimum Gasteiger partial charge on any atom is -0.342 e. The Morgan fingerprint density at radius 2 is 2.23 bits per heavy atom. The summed E-state index contributed by atoms with van der Waals surface area (Å²) in [6.07, 6.45) is 5.43. The first-order valence-corrected chi connectivity index (χ1v) is 9.54. The Hall–Kier alpha value is -0.940. The van der Waals surface area contributed by atoms with E-state index in [1.54, 1.807) is 11.3 Å². The summed E-state index contributed by atoms with van der Waals surface area (Å²) in [5.41, 5.74) is 1.16. The van der Waals surface area contributed by atoms with Crippen LogP contribution in [0.2, 0.25) is 0 Å². The Morgan fingerprint density at radius 1 is 1.41 bits per heavy atom. The van der Waals surface area contributed by atoms with Gasteiger partial charge >= 0.3 is 0 Å². The van der Waals surface area contributed by atoms with Gasteiger partial charge in [0.1, 0.15) is 0 Å². The van der Waals surface area contributed by atoms with E-state index in [-0.39, 0.29) is 0 Å². The molecular weight excluding hydrogens is 294 g/mol. The number of carbonyl (C=O) groups excluding carboxylic acids is 1. The molecule has 1 saturated carbocycles. The Morgan fingerprint density at radius 3 is 2.86 bits per heavy atom. The van der Waals surface area contributed by atoms with Crippen LogP contribution in [-0.4, -0.2) is 34.9 Å². The van der Waals surface area contributed by atoms with Crippen molar-refractivity contribution in [2.24, 2.45) is 11.8 Å². The molecular formula is C17H27N3OS. The van der Waals surface area contributed by atoms with Crippen LogP contribution in [-0.2, 0) is 17.8 Å². The highest BCUT2D eigenvalue weighted by atomic mass is 32.1. The van der Waals surface area contributed by atoms with Crippen LogP contribution in [0.4, 0.5) is 0 Å². The van der Waals surface area contributed by atoms with Gasteiger partial charge in [-0.15, -0.1) is 11.3 Å². The Bertz CT molecular complexity index is 512. The number of aryl methyl sites for hydroxylation is 1. The first-order valence-electron chi connectivity index (χ1n) is 8.66. The maximum absolute atomic E-state index is 12.2. The molecule has 0 aromatic carbocycles. The van der Waals surface area contributed by atoms with Crippen molar-refractivity contribution in [2.45, 2.75) is 58.5 Å². The average molecular weight is 321 g/mol. The van der Waals surface area contributed by atoms with Gasteiger partial charge in [-0.3, -0.25) is 4.79 Å². The zero-order valence-electron chi connectivity index (χ0n) is 13.7. The molecule has 3 rings (SSSR count). The number of hydrogen-bond donors (Lipinski definition) is 1. The minimum atomic E-state index is 0.351. The van der Waals surface area contributed by atoms with E-state index in [4.69, 9.17) is 0 Å². The fourth-order valence-corrected chi connectivity index (χ4v) is 4.08. The van der Waals surface area contributed by atoms with Gasteiger partial charge < -0.3 is 10.2 Å². The zero-order chi connectivity index (χ0) is 15.5. The second-order valence-corrected chi connectivity index (χ2v) is 7.53. The van der Waals surface area contributed by atoms with E-state index in [1.807, 2.05) is 0 Å². The van der Waals surface area contributed by atoms with Crippen LogP contribution in [0, 0.1) is 11.8 Å². The van der Waals surface area contributed by atoms with Gasteiger partial charge in [0.2, 0.25) is 5.91 Å². The van der Waals surface area contributed by atoms with Crippen molar-refractivity contribution in [3.63, 3.8) is 0 Å². The summed E-state index contributed by atoms with van der Waals surface area (Å²) in [6, 6.07) is 0.514. The van der Waals surface area contributed by atoms with E-state index in [0.717, 1.165) is 57.4 Å². The van der Waals surface area contributed by atoms with Gasteiger partial charge in [0, 0.05) is 37.0 Å². The average Bonchev–Trinajstić information content (AvgIpc) is 3.30. The zero-order valence-corrected chi connectivity index (χ0v) is 14.5. The number of rotatable bonds is 6. The predicted octanol–water partition coefficient (Wildman–Crippen LogP) is 2.83. The van der Waals surface area contributed by atoms with Crippen LogP contribution >= 0.6 is 11.3 Å². The van der Waals surface area contributed by atoms with E-state index in [0.29, 0.717) is 23.8 Å². The maximum atomic E-state index is 12.2. The molecule has 1 aromatic heterocycles. The Balaban J connectivity index is 1.51. The third-order valence-corrected chi connectivity index (χ3v) is 5.99. The van der Waals surface area contributed by atoms with Crippen molar-refractivity contribution < 1.29 is 4.79 Å². The summed E-state index contributed by atoms with van der Waals surface area (Å²) >= 11 is 1.75. The topological polar surface area (TPSA) is 45.2 Å². The van der Waals surface area contributed by atoms with Gasteiger partial charge in [-0.2, -0.15) is 0 Å². The lowest BCUT2D eigenvalue weighted by Crippen LogP contribution is -2.51. The highest BCUT2D eigenvalue weighted by Crippen LogP contribution is 2.33. The third-order valence-electron chi connectivity index (χ3n) is 4.94. The molecule has 2 atom stereocenters. The van der Waals surface area contributed by atoms with E-state index in [1.165, 1.54) is 5.01 Å². The molecule has 1 aromatic rings. The van der Waals surface area contributed by atoms with E-state index < -0.39 is 0 Å². The van der Waals surface area contributed by atoms with Crippen molar-refractivity contribution in [3.05, 3.63) is 16.1 Å². The van der Waals surface area contributed by atoms with Crippen LogP contribution < -0.4 is 5.32 Å². The minimum absolute atomic E-state index is 0.351. The molecule has 122 valence electrons. The van der Waals surface area contributed by atoms with E-state index in [9.17, 15) is 4.79 Å². The Kier molecular flexibility index (Phi) is 5.14. The summed E-state index contributed by atoms with van der Waals surface area (Å²) in [6.45, 7) is 7.09. The fraction of sp³-hybridized carbons (Fsp3) is 0.765. The summed E-state index contributed by atoms with van der Waals surface area (Å²) in [4.78, 5) is 19.0. The number of aromatic nitrogens is 1. The molecule has 1 saturated heterocycles. The summed E-state index contributed by atoms with van der Waals surface area (Å²) in [5, 5.41) is 7.07. The number of nitrogens with one attached hydrogen (secondary N) is 1. The van der Waals surface area contributed by atoms with Crippen molar-refractivity contribution in [1.29, 1.82) is 0 Å². The monoisotopic (exact) mass is 321 g/mol. The van der Waals surface area contributed by atoms with Crippen molar-refractivity contribution in [1.82, 2.24) is 15.2 Å². The quantitative estimate of drug-likeness (QED) is 0.876. The lowest BCUT2D eigenvalue weighted by atomic mass is 9.89. The fourth-order valence-electron chi connectivity index (χ4n) is 3.33. The number of nitrogens with zero attached hydrogens (tertiary/aromatic N) is 2. The molecule has 0 spiro atoms. The molecule has 0 bridgehead atoms. The lowest BCUT2D eigenvalue weighted by Gasteiger charge is -2.39. The van der Waals surface area contributed by atoms with Crippen molar-refractivity contribution in [3.8, 4) is 0 Å². The molecule has 2 aliphatic rings. The number of hydrogen-bond acceptors (Lipinski definition) is 4. The van der Waals surface area contributed by atoms with Crippen molar-refractivity contribution >= 4 is 17.2 Å². The number of carbonyl (C=O) groups is 1. The molecule has 1 N–H and O–H groups in total. The van der Waals surface area contributed by atoms with Gasteiger partial charge in [-0.1, -0.05) is 20.3 Å². The summed E-state index contributed by atoms with van der Waals surface area (Å²) in [5.74, 6) is 1.33. The van der Waals surface area contributed by atoms with Crippen LogP contribution in [0.25, 0.3) is 0 Å². The normalized spacial score (nSPS) is 25.5. The molecule has 4 nitrogen and oxygen atoms in total. The van der Waals surface area contributed by atoms with Gasteiger partial charge in [-0.25, -0.2) is 4.98 Å². The SMILES string of the molecule is CCc1nc(CNC2CCN(C(=O)C3CC3)CC2CC)cs1. The molecule has 22 heavy (non-hydrogen) atoms. The second-order valence-electron chi connectivity index (χ2n) is 6.59. The summed E-state index contributed by atoms with van der Waals surface area (Å²) < 4.78 is 0. The first-order chi connectivity index (χ1) is 10.7. The molecule has 5 heteroatoms. The molecule has 1 amide bonds. The largest absolute Gasteiger partial charge is 0.342 e. The molecule has 2 fully saturated rings. The van der Waals surface area contributed by atoms with Gasteiger partial charge in [0.25, 0.3) is 0 Å². The van der Waals surface area contributed by atoms with Crippen molar-refractivity contribution in [2.75, 3.05) is 13.1 Å². The highest BCUT2D eigenvalue weighted by Gasteiger charge is 2.37. The molecule has 0 radical (unpaired) electrons. The van der Waals surface area contributed by atoms with Crippen LogP contribution in [0.15, 0.2) is 5.38 Å². The van der Waals surface area contributed by atoms with Gasteiger partial charge in [-0.05, 0) is 31.6 Å². The summed E-state index contributed by atoms with van der Waals surface area (Å²) in [7, 11) is 0. The number of thiazole rings is 1. The van der Waals surface area contributed by atoms with Gasteiger partial charge in [0.05, 0.1) is 10.7 Å². The molecule has 1 aliphatic heterocycles. The van der Waals surface area contributed by atoms with Crippen LogP contribution in [0.5, 0.6) is 0 Å². The third kappa shape index (κ3) is 3.69. The molecule has 1 aliphatic carbocycles. The molecule has 2 heterocycles. The number of amides is 1. The van der Waals surface area contributed by atoms with E-state index in [2.05, 4.69) is 34.4 Å². The smallest absolute Gasteiger partial charge is 0.225 e. The van der Waals surface area contributed by atoms with E-state index >= 15 is 0 Å². The predicted molar refractivity (Wildman–Crippen MR) is 89.8 cm³/mol. The first kappa shape index (κ1) is 15.9. The Labute approximate surface area is 137 Å². The van der Waals surface area contributed by atoms with Gasteiger partial charge in [0.15, 0.2) is 0 Å². The lowest BCUT2D eigenvalue weighted by molar-refractivity contribution is -0.134. The second kappa shape index (κ2) is 7.09. The van der Waals surface area contributed by atoms with Crippen LogP contribution in [0.3, 0.4) is 0 Å². The highest BCUT2D eigenvalue weighted by molar-refractivity contribution is 7.09. The van der Waals surface area contributed by atoms with Crippen LogP contribution in [0.1, 0.15) is 50.2 Å². The number of likely N-dealkylation sites (tertiary alicyclic amines) is 1.